The zero-order chi connectivity index (χ0) is 18.5. The van der Waals surface area contributed by atoms with Gasteiger partial charge in [-0.15, -0.1) is 29.8 Å². The van der Waals surface area contributed by atoms with Crippen LogP contribution in [-0.4, -0.2) is 31.2 Å². The molecular weight excluding hydrogens is 504 g/mol. The number of aromatic nitrogens is 2. The summed E-state index contributed by atoms with van der Waals surface area (Å²) in [5.41, 5.74) is 2.95. The quantitative estimate of drug-likeness (QED) is 0.488. The molecule has 1 aromatic carbocycles. The van der Waals surface area contributed by atoms with E-state index in [9.17, 15) is 0 Å². The van der Waals surface area contributed by atoms with E-state index in [2.05, 4.69) is 16.0 Å². The van der Waals surface area contributed by atoms with Gasteiger partial charge in [-0.1, -0.05) is 12.1 Å². The van der Waals surface area contributed by atoms with Gasteiger partial charge in [0.25, 0.3) is 0 Å². The standard InChI is InChI=1S/C14H15N2O.C5H5N.CN.Ir/c1-16(2)12-7-8-15-14(10-12)11-5-4-6-13(9-11)17-3;1-2-4-6-5-3-1;1-2;/h4,6-10H,1-3H3;1-5H;;/q-1;;-1;. The fourth-order valence-electron chi connectivity index (χ4n) is 1.88. The molecule has 0 atom stereocenters. The molecular formula is C20H20IrN4O-2. The van der Waals surface area contributed by atoms with Crippen molar-refractivity contribution in [3.05, 3.63) is 79.8 Å². The molecule has 0 fully saturated rings. The first-order valence-corrected chi connectivity index (χ1v) is 7.47. The van der Waals surface area contributed by atoms with Crippen molar-refractivity contribution in [2.45, 2.75) is 0 Å². The predicted octanol–water partition coefficient (Wildman–Crippen LogP) is 3.80. The summed E-state index contributed by atoms with van der Waals surface area (Å²) in [7, 11) is 5.67. The molecule has 0 aliphatic heterocycles. The van der Waals surface area contributed by atoms with Crippen LogP contribution in [0.4, 0.5) is 5.69 Å². The summed E-state index contributed by atoms with van der Waals surface area (Å²) in [6, 6.07) is 18.5. The van der Waals surface area contributed by atoms with Gasteiger partial charge in [-0.25, -0.2) is 0 Å². The molecule has 0 saturated carbocycles. The summed E-state index contributed by atoms with van der Waals surface area (Å²) in [5, 5.41) is 6.25. The Morgan fingerprint density at radius 1 is 1.04 bits per heavy atom. The molecule has 6 heteroatoms. The molecule has 2 aromatic heterocycles. The topological polar surface area (TPSA) is 62.0 Å². The number of anilines is 1. The second-order valence-corrected chi connectivity index (χ2v) is 4.96. The van der Waals surface area contributed by atoms with Crippen molar-refractivity contribution in [3.8, 4) is 17.0 Å². The van der Waals surface area contributed by atoms with E-state index in [4.69, 9.17) is 16.6 Å². The van der Waals surface area contributed by atoms with Gasteiger partial charge in [0.2, 0.25) is 0 Å². The van der Waals surface area contributed by atoms with Gasteiger partial charge in [-0.3, -0.25) is 4.98 Å². The zero-order valence-electron chi connectivity index (χ0n) is 14.9. The summed E-state index contributed by atoms with van der Waals surface area (Å²) in [6.45, 7) is 4.75. The van der Waals surface area contributed by atoms with Crippen molar-refractivity contribution >= 4 is 5.69 Å². The first-order valence-electron chi connectivity index (χ1n) is 7.47. The Morgan fingerprint density at radius 2 is 1.73 bits per heavy atom. The Bertz CT molecular complexity index is 737. The van der Waals surface area contributed by atoms with Crippen LogP contribution in [0.5, 0.6) is 5.75 Å². The van der Waals surface area contributed by atoms with Crippen LogP contribution in [0, 0.1) is 17.9 Å². The van der Waals surface area contributed by atoms with Gasteiger partial charge in [0.15, 0.2) is 0 Å². The molecule has 137 valence electrons. The molecule has 0 amide bonds. The van der Waals surface area contributed by atoms with E-state index in [0.717, 1.165) is 22.7 Å². The summed E-state index contributed by atoms with van der Waals surface area (Å²) in [4.78, 5) is 10.2. The molecule has 0 aliphatic rings. The number of ether oxygens (including phenoxy) is 1. The SMILES string of the molecule is COc1cc[c-]c(-c2cc(N(C)C)ccn2)c1.[C-]#N.[Ir].c1ccncc1. The molecule has 0 bridgehead atoms. The third-order valence-electron chi connectivity index (χ3n) is 3.11. The number of hydrogen-bond acceptors (Lipinski definition) is 5. The van der Waals surface area contributed by atoms with Gasteiger partial charge in [-0.2, -0.15) is 0 Å². The Morgan fingerprint density at radius 3 is 2.23 bits per heavy atom. The van der Waals surface area contributed by atoms with Crippen molar-refractivity contribution in [1.82, 2.24) is 9.97 Å². The Hall–Kier alpha value is -2.74. The monoisotopic (exact) mass is 525 g/mol. The summed E-state index contributed by atoms with van der Waals surface area (Å²) >= 11 is 0. The average molecular weight is 525 g/mol. The minimum Gasteiger partial charge on any atom is -0.516 e. The predicted molar refractivity (Wildman–Crippen MR) is 98.6 cm³/mol. The van der Waals surface area contributed by atoms with Crippen molar-refractivity contribution in [3.63, 3.8) is 0 Å². The molecule has 0 N–H and O–H groups in total. The van der Waals surface area contributed by atoms with E-state index < -0.39 is 0 Å². The number of pyridine rings is 2. The minimum atomic E-state index is 0. The molecule has 0 saturated heterocycles. The van der Waals surface area contributed by atoms with E-state index in [1.807, 2.05) is 67.5 Å². The third kappa shape index (κ3) is 7.89. The molecule has 2 heterocycles. The Balaban J connectivity index is 0.000000585. The van der Waals surface area contributed by atoms with Crippen molar-refractivity contribution in [2.75, 3.05) is 26.1 Å². The molecule has 1 radical (unpaired) electrons. The molecule has 0 spiro atoms. The van der Waals surface area contributed by atoms with E-state index in [-0.39, 0.29) is 20.1 Å². The van der Waals surface area contributed by atoms with Crippen LogP contribution < -0.4 is 9.64 Å². The Labute approximate surface area is 168 Å². The van der Waals surface area contributed by atoms with Crippen LogP contribution in [0.2, 0.25) is 0 Å². The fraction of sp³-hybridized carbons (Fsp3) is 0.150. The fourth-order valence-corrected chi connectivity index (χ4v) is 1.88. The van der Waals surface area contributed by atoms with Crippen LogP contribution in [0.25, 0.3) is 11.3 Å². The molecule has 0 unspecified atom stereocenters. The number of rotatable bonds is 3. The van der Waals surface area contributed by atoms with E-state index >= 15 is 0 Å². The zero-order valence-corrected chi connectivity index (χ0v) is 17.3. The Kier molecular flexibility index (Phi) is 12.1. The first kappa shape index (κ1) is 23.3. The second-order valence-electron chi connectivity index (χ2n) is 4.96. The molecule has 3 aromatic rings. The van der Waals surface area contributed by atoms with E-state index in [1.54, 1.807) is 25.7 Å². The summed E-state index contributed by atoms with van der Waals surface area (Å²) < 4.78 is 5.20. The van der Waals surface area contributed by atoms with Gasteiger partial charge >= 0.3 is 0 Å². The van der Waals surface area contributed by atoms with Crippen LogP contribution >= 0.6 is 0 Å². The molecule has 0 aliphatic carbocycles. The summed E-state index contributed by atoms with van der Waals surface area (Å²) in [6.07, 6.45) is 5.30. The molecule has 5 nitrogen and oxygen atoms in total. The van der Waals surface area contributed by atoms with Gasteiger partial charge in [0.1, 0.15) is 0 Å². The van der Waals surface area contributed by atoms with Crippen LogP contribution in [-0.2, 0) is 20.1 Å². The molecule has 26 heavy (non-hydrogen) atoms. The minimum absolute atomic E-state index is 0. The van der Waals surface area contributed by atoms with Gasteiger partial charge in [0.05, 0.1) is 7.11 Å². The second kappa shape index (κ2) is 13.5. The maximum Gasteiger partial charge on any atom is 0.0751 e. The van der Waals surface area contributed by atoms with Crippen molar-refractivity contribution in [1.29, 1.82) is 5.26 Å². The normalized spacial score (nSPS) is 8.50. The van der Waals surface area contributed by atoms with E-state index in [0.29, 0.717) is 0 Å². The number of benzene rings is 1. The first-order chi connectivity index (χ1) is 12.2. The maximum absolute atomic E-state index is 6.25. The molecule has 3 rings (SSSR count). The van der Waals surface area contributed by atoms with Crippen molar-refractivity contribution in [2.24, 2.45) is 0 Å². The van der Waals surface area contributed by atoms with Crippen molar-refractivity contribution < 1.29 is 24.8 Å². The maximum atomic E-state index is 6.25. The average Bonchev–Trinajstić information content (AvgIpc) is 2.71. The van der Waals surface area contributed by atoms with Gasteiger partial charge in [-0.05, 0) is 23.9 Å². The van der Waals surface area contributed by atoms with Crippen LogP contribution in [0.3, 0.4) is 0 Å². The third-order valence-corrected chi connectivity index (χ3v) is 3.11. The van der Waals surface area contributed by atoms with E-state index in [1.165, 1.54) is 0 Å². The number of methoxy groups -OCH3 is 1. The summed E-state index contributed by atoms with van der Waals surface area (Å²) in [5.74, 6) is 0.816. The van der Waals surface area contributed by atoms with Gasteiger partial charge < -0.3 is 26.5 Å². The van der Waals surface area contributed by atoms with Gasteiger partial charge in [0, 0.05) is 64.2 Å². The number of nitrogens with zero attached hydrogens (tertiary/aromatic N) is 4. The van der Waals surface area contributed by atoms with Crippen LogP contribution in [0.15, 0.2) is 67.1 Å². The smallest absolute Gasteiger partial charge is 0.0751 e. The van der Waals surface area contributed by atoms with Crippen LogP contribution in [0.1, 0.15) is 0 Å². The number of hydrogen-bond donors (Lipinski definition) is 0. The largest absolute Gasteiger partial charge is 0.516 e.